The molecular weight excluding hydrogens is 286 g/mol. The molecule has 0 atom stereocenters. The minimum absolute atomic E-state index is 0.0486. The lowest BCUT2D eigenvalue weighted by Crippen LogP contribution is -1.93. The molecule has 5 nitrogen and oxygen atoms in total. The number of nitrogens with zero attached hydrogens (tertiary/aromatic N) is 1. The zero-order valence-electron chi connectivity index (χ0n) is 9.41. The van der Waals surface area contributed by atoms with Gasteiger partial charge in [-0.1, -0.05) is 0 Å². The van der Waals surface area contributed by atoms with Crippen LogP contribution in [0.1, 0.15) is 5.56 Å². The van der Waals surface area contributed by atoms with Gasteiger partial charge in [-0.05, 0) is 34.5 Å². The number of aromatic nitrogens is 2. The molecule has 2 aromatic rings. The van der Waals surface area contributed by atoms with Gasteiger partial charge in [-0.15, -0.1) is 0 Å². The number of ether oxygens (including phenoxy) is 1. The van der Waals surface area contributed by atoms with Crippen LogP contribution in [-0.2, 0) is 0 Å². The van der Waals surface area contributed by atoms with Gasteiger partial charge in [-0.2, -0.15) is 5.10 Å². The summed E-state index contributed by atoms with van der Waals surface area (Å²) in [6.07, 6.45) is 1.57. The minimum Gasteiger partial charge on any atom is -0.504 e. The number of nitrogens with two attached hydrogens (primary N) is 1. The third-order valence-corrected chi connectivity index (χ3v) is 3.14. The second-order valence-electron chi connectivity index (χ2n) is 3.63. The molecule has 0 aliphatic rings. The van der Waals surface area contributed by atoms with Gasteiger partial charge >= 0.3 is 0 Å². The maximum atomic E-state index is 10.2. The van der Waals surface area contributed by atoms with Gasteiger partial charge < -0.3 is 15.6 Å². The normalized spacial score (nSPS) is 10.5. The summed E-state index contributed by atoms with van der Waals surface area (Å²) in [5.74, 6) is 0.839. The quantitative estimate of drug-likeness (QED) is 0.795. The highest BCUT2D eigenvalue weighted by atomic mass is 79.9. The number of rotatable bonds is 2. The zero-order valence-corrected chi connectivity index (χ0v) is 11.0. The minimum atomic E-state index is 0.0486. The number of aromatic hydroxyl groups is 1. The Bertz CT molecular complexity index is 566. The van der Waals surface area contributed by atoms with E-state index < -0.39 is 0 Å². The van der Waals surface area contributed by atoms with Crippen molar-refractivity contribution in [1.29, 1.82) is 0 Å². The van der Waals surface area contributed by atoms with E-state index in [2.05, 4.69) is 26.1 Å². The van der Waals surface area contributed by atoms with E-state index in [9.17, 15) is 5.11 Å². The number of halogens is 1. The van der Waals surface area contributed by atoms with Crippen molar-refractivity contribution >= 4 is 21.7 Å². The lowest BCUT2D eigenvalue weighted by molar-refractivity contribution is 0.372. The SMILES string of the molecule is COc1c(Br)cc(C)c(-c2cn[nH]c2N)c1O. The summed E-state index contributed by atoms with van der Waals surface area (Å²) < 4.78 is 5.84. The maximum Gasteiger partial charge on any atom is 0.175 e. The molecule has 0 amide bonds. The number of nitrogen functional groups attached to an aromatic ring is 1. The molecule has 4 N–H and O–H groups in total. The summed E-state index contributed by atoms with van der Waals surface area (Å²) in [6, 6.07) is 1.86. The molecule has 0 saturated heterocycles. The molecule has 0 bridgehead atoms. The topological polar surface area (TPSA) is 84.2 Å². The van der Waals surface area contributed by atoms with Crippen LogP contribution in [0.25, 0.3) is 11.1 Å². The monoisotopic (exact) mass is 297 g/mol. The highest BCUT2D eigenvalue weighted by Gasteiger charge is 2.19. The first-order valence-corrected chi connectivity index (χ1v) is 5.70. The van der Waals surface area contributed by atoms with E-state index in [0.717, 1.165) is 5.56 Å². The van der Waals surface area contributed by atoms with Crippen molar-refractivity contribution in [1.82, 2.24) is 10.2 Å². The van der Waals surface area contributed by atoms with Crippen LogP contribution in [0.15, 0.2) is 16.7 Å². The highest BCUT2D eigenvalue weighted by molar-refractivity contribution is 9.10. The summed E-state index contributed by atoms with van der Waals surface area (Å²) >= 11 is 3.33. The van der Waals surface area contributed by atoms with Gasteiger partial charge in [-0.25, -0.2) is 0 Å². The molecule has 6 heteroatoms. The number of phenols is 1. The molecule has 0 aliphatic heterocycles. The fourth-order valence-corrected chi connectivity index (χ4v) is 2.46. The van der Waals surface area contributed by atoms with E-state index in [-0.39, 0.29) is 5.75 Å². The molecule has 0 saturated carbocycles. The van der Waals surface area contributed by atoms with Crippen LogP contribution >= 0.6 is 15.9 Å². The van der Waals surface area contributed by atoms with Gasteiger partial charge in [0.05, 0.1) is 17.8 Å². The maximum absolute atomic E-state index is 10.2. The number of benzene rings is 1. The van der Waals surface area contributed by atoms with E-state index >= 15 is 0 Å². The number of H-pyrrole nitrogens is 1. The van der Waals surface area contributed by atoms with E-state index in [1.165, 1.54) is 7.11 Å². The van der Waals surface area contributed by atoms with Gasteiger partial charge in [0.1, 0.15) is 5.82 Å². The second-order valence-corrected chi connectivity index (χ2v) is 4.48. The molecule has 0 unspecified atom stereocenters. The Morgan fingerprint density at radius 3 is 2.76 bits per heavy atom. The molecule has 0 spiro atoms. The van der Waals surface area contributed by atoms with Gasteiger partial charge in [0, 0.05) is 11.1 Å². The van der Waals surface area contributed by atoms with E-state index in [1.807, 2.05) is 13.0 Å². The number of hydrogen-bond donors (Lipinski definition) is 3. The van der Waals surface area contributed by atoms with E-state index in [1.54, 1.807) is 6.20 Å². The molecule has 1 aromatic carbocycles. The first kappa shape index (κ1) is 11.8. The van der Waals surface area contributed by atoms with E-state index in [0.29, 0.717) is 27.2 Å². The van der Waals surface area contributed by atoms with Gasteiger partial charge in [-0.3, -0.25) is 5.10 Å². The molecule has 0 fully saturated rings. The van der Waals surface area contributed by atoms with Gasteiger partial charge in [0.2, 0.25) is 0 Å². The van der Waals surface area contributed by atoms with Crippen molar-refractivity contribution in [2.45, 2.75) is 6.92 Å². The number of aryl methyl sites for hydroxylation is 1. The summed E-state index contributed by atoms with van der Waals surface area (Å²) in [6.45, 7) is 1.88. The first-order chi connectivity index (χ1) is 8.06. The predicted octanol–water partition coefficient (Wildman–Crippen LogP) is 2.44. The molecule has 17 heavy (non-hydrogen) atoms. The molecule has 2 rings (SSSR count). The van der Waals surface area contributed by atoms with Crippen LogP contribution < -0.4 is 10.5 Å². The Labute approximate surface area is 107 Å². The molecule has 0 radical (unpaired) electrons. The molecule has 0 aliphatic carbocycles. The molecule has 90 valence electrons. The lowest BCUT2D eigenvalue weighted by atomic mass is 10.0. The molecular formula is C11H12BrN3O2. The third-order valence-electron chi connectivity index (χ3n) is 2.55. The predicted molar refractivity (Wildman–Crippen MR) is 69.1 cm³/mol. The highest BCUT2D eigenvalue weighted by Crippen LogP contribution is 2.45. The van der Waals surface area contributed by atoms with Crippen LogP contribution in [0, 0.1) is 6.92 Å². The first-order valence-electron chi connectivity index (χ1n) is 4.91. The lowest BCUT2D eigenvalue weighted by Gasteiger charge is -2.13. The number of hydrogen-bond acceptors (Lipinski definition) is 4. The molecule has 1 aromatic heterocycles. The van der Waals surface area contributed by atoms with Crippen molar-refractivity contribution in [3.8, 4) is 22.6 Å². The summed E-state index contributed by atoms with van der Waals surface area (Å²) in [7, 11) is 1.50. The van der Waals surface area contributed by atoms with Crippen molar-refractivity contribution in [3.05, 3.63) is 22.3 Å². The standard InChI is InChI=1S/C11H12BrN3O2/c1-5-3-7(12)10(17-2)9(16)8(5)6-4-14-15-11(6)13/h3-4,16H,1-2H3,(H3,13,14,15). The number of nitrogens with one attached hydrogen (secondary N) is 1. The van der Waals surface area contributed by atoms with Gasteiger partial charge in [0.15, 0.2) is 11.5 Å². The van der Waals surface area contributed by atoms with Crippen molar-refractivity contribution in [3.63, 3.8) is 0 Å². The zero-order chi connectivity index (χ0) is 12.6. The Hall–Kier alpha value is -1.69. The Morgan fingerprint density at radius 2 is 2.24 bits per heavy atom. The fourth-order valence-electron chi connectivity index (χ4n) is 1.77. The van der Waals surface area contributed by atoms with Crippen LogP contribution in [0.4, 0.5) is 5.82 Å². The van der Waals surface area contributed by atoms with Crippen molar-refractivity contribution < 1.29 is 9.84 Å². The average molecular weight is 298 g/mol. The fraction of sp³-hybridized carbons (Fsp3) is 0.182. The van der Waals surface area contributed by atoms with Crippen LogP contribution in [-0.4, -0.2) is 22.4 Å². The smallest absolute Gasteiger partial charge is 0.175 e. The van der Waals surface area contributed by atoms with E-state index in [4.69, 9.17) is 10.5 Å². The number of aromatic amines is 1. The number of anilines is 1. The van der Waals surface area contributed by atoms with Crippen molar-refractivity contribution in [2.75, 3.05) is 12.8 Å². The molecule has 1 heterocycles. The van der Waals surface area contributed by atoms with Gasteiger partial charge in [0.25, 0.3) is 0 Å². The van der Waals surface area contributed by atoms with Crippen LogP contribution in [0.5, 0.6) is 11.5 Å². The Kier molecular flexibility index (Phi) is 2.97. The Morgan fingerprint density at radius 1 is 1.53 bits per heavy atom. The summed E-state index contributed by atoms with van der Waals surface area (Å²) in [5.41, 5.74) is 7.92. The summed E-state index contributed by atoms with van der Waals surface area (Å²) in [4.78, 5) is 0. The number of methoxy groups -OCH3 is 1. The second kappa shape index (κ2) is 4.29. The number of phenolic OH excluding ortho intramolecular Hbond substituents is 1. The largest absolute Gasteiger partial charge is 0.504 e. The Balaban J connectivity index is 2.74. The van der Waals surface area contributed by atoms with Crippen LogP contribution in [0.2, 0.25) is 0 Å². The van der Waals surface area contributed by atoms with Crippen LogP contribution in [0.3, 0.4) is 0 Å². The third kappa shape index (κ3) is 1.84. The average Bonchev–Trinajstić information content (AvgIpc) is 2.65. The van der Waals surface area contributed by atoms with Crippen molar-refractivity contribution in [2.24, 2.45) is 0 Å². The summed E-state index contributed by atoms with van der Waals surface area (Å²) in [5, 5.41) is 16.7.